The van der Waals surface area contributed by atoms with Gasteiger partial charge in [-0.1, -0.05) is 30.3 Å². The Morgan fingerprint density at radius 3 is 2.68 bits per heavy atom. The molecule has 0 saturated heterocycles. The smallest absolute Gasteiger partial charge is 0.199 e. The maximum Gasteiger partial charge on any atom is 0.199 e. The van der Waals surface area contributed by atoms with Crippen molar-refractivity contribution in [1.82, 2.24) is 4.98 Å². The maximum atomic E-state index is 13.6. The Morgan fingerprint density at radius 2 is 2.05 bits per heavy atom. The van der Waals surface area contributed by atoms with Crippen LogP contribution in [0.4, 0.5) is 4.39 Å². The van der Waals surface area contributed by atoms with Gasteiger partial charge in [0.05, 0.1) is 11.8 Å². The highest BCUT2D eigenvalue weighted by atomic mass is 19.1. The standard InChI is InChI=1S/C15H14FNO2/c1-2-19-15(11-6-4-3-5-7-11)14(18)12-8-9-17-10-13(12)16/h3-10,15H,2H2,1H3. The number of nitrogens with zero attached hydrogens (tertiary/aromatic N) is 1. The van der Waals surface area contributed by atoms with Gasteiger partial charge in [0, 0.05) is 12.8 Å². The number of pyridine rings is 1. The SMILES string of the molecule is CCOC(C(=O)c1ccncc1F)c1ccccc1. The average Bonchev–Trinajstić information content (AvgIpc) is 2.45. The number of hydrogen-bond acceptors (Lipinski definition) is 3. The van der Waals surface area contributed by atoms with Crippen LogP contribution >= 0.6 is 0 Å². The second-order valence-corrected chi connectivity index (χ2v) is 3.97. The molecule has 0 radical (unpaired) electrons. The minimum absolute atomic E-state index is 0.00250. The van der Waals surface area contributed by atoms with E-state index < -0.39 is 17.7 Å². The van der Waals surface area contributed by atoms with Gasteiger partial charge in [-0.05, 0) is 18.6 Å². The second-order valence-electron chi connectivity index (χ2n) is 3.97. The number of ketones is 1. The second kappa shape index (κ2) is 6.20. The summed E-state index contributed by atoms with van der Waals surface area (Å²) in [4.78, 5) is 16.0. The van der Waals surface area contributed by atoms with E-state index in [4.69, 9.17) is 4.74 Å². The lowest BCUT2D eigenvalue weighted by Gasteiger charge is -2.16. The number of hydrogen-bond donors (Lipinski definition) is 0. The van der Waals surface area contributed by atoms with Gasteiger partial charge in [-0.3, -0.25) is 9.78 Å². The lowest BCUT2D eigenvalue weighted by molar-refractivity contribution is 0.0448. The van der Waals surface area contributed by atoms with E-state index in [0.29, 0.717) is 12.2 Å². The highest BCUT2D eigenvalue weighted by molar-refractivity contribution is 6.00. The summed E-state index contributed by atoms with van der Waals surface area (Å²) in [6.07, 6.45) is 1.63. The summed E-state index contributed by atoms with van der Waals surface area (Å²) < 4.78 is 19.1. The molecule has 0 bridgehead atoms. The van der Waals surface area contributed by atoms with Gasteiger partial charge in [-0.2, -0.15) is 0 Å². The van der Waals surface area contributed by atoms with E-state index in [2.05, 4.69) is 4.98 Å². The van der Waals surface area contributed by atoms with E-state index >= 15 is 0 Å². The highest BCUT2D eigenvalue weighted by Crippen LogP contribution is 2.23. The van der Waals surface area contributed by atoms with Crippen molar-refractivity contribution in [2.45, 2.75) is 13.0 Å². The molecule has 1 heterocycles. The maximum absolute atomic E-state index is 13.6. The number of Topliss-reactive ketones (excluding diaryl/α,β-unsaturated/α-hetero) is 1. The monoisotopic (exact) mass is 259 g/mol. The molecule has 0 fully saturated rings. The normalized spacial score (nSPS) is 12.1. The van der Waals surface area contributed by atoms with E-state index in [9.17, 15) is 9.18 Å². The highest BCUT2D eigenvalue weighted by Gasteiger charge is 2.24. The van der Waals surface area contributed by atoms with Crippen molar-refractivity contribution in [3.8, 4) is 0 Å². The van der Waals surface area contributed by atoms with Crippen molar-refractivity contribution < 1.29 is 13.9 Å². The van der Waals surface area contributed by atoms with Crippen molar-refractivity contribution in [1.29, 1.82) is 0 Å². The molecule has 98 valence electrons. The summed E-state index contributed by atoms with van der Waals surface area (Å²) in [5, 5.41) is 0. The Hall–Kier alpha value is -2.07. The van der Waals surface area contributed by atoms with Crippen LogP contribution in [0.2, 0.25) is 0 Å². The zero-order valence-corrected chi connectivity index (χ0v) is 10.5. The Labute approximate surface area is 111 Å². The predicted molar refractivity (Wildman–Crippen MR) is 69.3 cm³/mol. The lowest BCUT2D eigenvalue weighted by atomic mass is 10.0. The fraction of sp³-hybridized carbons (Fsp3) is 0.200. The third-order valence-corrected chi connectivity index (χ3v) is 2.71. The summed E-state index contributed by atoms with van der Waals surface area (Å²) >= 11 is 0. The number of rotatable bonds is 5. The van der Waals surface area contributed by atoms with Gasteiger partial charge in [-0.15, -0.1) is 0 Å². The van der Waals surface area contributed by atoms with Crippen molar-refractivity contribution in [3.05, 3.63) is 65.7 Å². The van der Waals surface area contributed by atoms with Gasteiger partial charge in [0.2, 0.25) is 0 Å². The van der Waals surface area contributed by atoms with Gasteiger partial charge in [-0.25, -0.2) is 4.39 Å². The Kier molecular flexibility index (Phi) is 4.36. The predicted octanol–water partition coefficient (Wildman–Crippen LogP) is 3.18. The van der Waals surface area contributed by atoms with Crippen molar-refractivity contribution in [2.24, 2.45) is 0 Å². The van der Waals surface area contributed by atoms with Gasteiger partial charge in [0.15, 0.2) is 11.6 Å². The summed E-state index contributed by atoms with van der Waals surface area (Å²) in [5.74, 6) is -1.03. The summed E-state index contributed by atoms with van der Waals surface area (Å²) in [5.41, 5.74) is 0.711. The van der Waals surface area contributed by atoms with Crippen LogP contribution in [0.5, 0.6) is 0 Å². The Bertz CT molecular complexity index is 557. The van der Waals surface area contributed by atoms with Crippen LogP contribution in [0, 0.1) is 5.82 Å². The largest absolute Gasteiger partial charge is 0.366 e. The van der Waals surface area contributed by atoms with Crippen molar-refractivity contribution in [3.63, 3.8) is 0 Å². The molecule has 1 unspecified atom stereocenters. The topological polar surface area (TPSA) is 39.2 Å². The molecule has 3 nitrogen and oxygen atoms in total. The molecule has 1 atom stereocenters. The molecular formula is C15H14FNO2. The number of halogens is 1. The summed E-state index contributed by atoms with van der Waals surface area (Å²) in [6, 6.07) is 10.4. The molecule has 0 spiro atoms. The number of benzene rings is 1. The third-order valence-electron chi connectivity index (χ3n) is 2.71. The zero-order valence-electron chi connectivity index (χ0n) is 10.5. The van der Waals surface area contributed by atoms with Gasteiger partial charge >= 0.3 is 0 Å². The minimum Gasteiger partial charge on any atom is -0.366 e. The van der Waals surface area contributed by atoms with Crippen LogP contribution in [0.1, 0.15) is 28.9 Å². The molecule has 1 aromatic carbocycles. The van der Waals surface area contributed by atoms with Gasteiger partial charge in [0.1, 0.15) is 6.10 Å². The molecule has 1 aromatic heterocycles. The fourth-order valence-corrected chi connectivity index (χ4v) is 1.83. The molecule has 0 N–H and O–H groups in total. The van der Waals surface area contributed by atoms with Crippen molar-refractivity contribution in [2.75, 3.05) is 6.61 Å². The first-order valence-electron chi connectivity index (χ1n) is 6.04. The van der Waals surface area contributed by atoms with Crippen LogP contribution in [0.15, 0.2) is 48.8 Å². The molecule has 0 saturated carbocycles. The van der Waals surface area contributed by atoms with Crippen LogP contribution in [0.3, 0.4) is 0 Å². The molecule has 2 aromatic rings. The van der Waals surface area contributed by atoms with E-state index in [1.54, 1.807) is 19.1 Å². The first kappa shape index (κ1) is 13.4. The van der Waals surface area contributed by atoms with Crippen LogP contribution in [0.25, 0.3) is 0 Å². The van der Waals surface area contributed by atoms with Crippen LogP contribution in [-0.2, 0) is 4.74 Å². The lowest BCUT2D eigenvalue weighted by Crippen LogP contribution is -2.17. The first-order valence-corrected chi connectivity index (χ1v) is 6.04. The third kappa shape index (κ3) is 3.03. The number of carbonyl (C=O) groups is 1. The molecule has 4 heteroatoms. The molecule has 0 amide bonds. The molecule has 19 heavy (non-hydrogen) atoms. The number of carbonyl (C=O) groups excluding carboxylic acids is 1. The Morgan fingerprint density at radius 1 is 1.32 bits per heavy atom. The molecule has 0 aliphatic rings. The van der Waals surface area contributed by atoms with Crippen molar-refractivity contribution >= 4 is 5.78 Å². The quantitative estimate of drug-likeness (QED) is 0.774. The van der Waals surface area contributed by atoms with E-state index in [-0.39, 0.29) is 5.56 Å². The van der Waals surface area contributed by atoms with E-state index in [1.807, 2.05) is 18.2 Å². The zero-order chi connectivity index (χ0) is 13.7. The number of ether oxygens (including phenoxy) is 1. The van der Waals surface area contributed by atoms with E-state index in [1.165, 1.54) is 12.3 Å². The van der Waals surface area contributed by atoms with Crippen LogP contribution < -0.4 is 0 Å². The van der Waals surface area contributed by atoms with Crippen LogP contribution in [-0.4, -0.2) is 17.4 Å². The van der Waals surface area contributed by atoms with Gasteiger partial charge in [0.25, 0.3) is 0 Å². The molecule has 0 aliphatic heterocycles. The van der Waals surface area contributed by atoms with E-state index in [0.717, 1.165) is 6.20 Å². The minimum atomic E-state index is -0.789. The first-order chi connectivity index (χ1) is 9.24. The fourth-order valence-electron chi connectivity index (χ4n) is 1.83. The number of aromatic nitrogens is 1. The molecular weight excluding hydrogens is 245 g/mol. The average molecular weight is 259 g/mol. The van der Waals surface area contributed by atoms with Gasteiger partial charge < -0.3 is 4.74 Å². The Balaban J connectivity index is 2.35. The summed E-state index contributed by atoms with van der Waals surface area (Å²) in [6.45, 7) is 2.17. The molecule has 2 rings (SSSR count). The summed E-state index contributed by atoms with van der Waals surface area (Å²) in [7, 11) is 0. The molecule has 0 aliphatic carbocycles.